The third-order valence-electron chi connectivity index (χ3n) is 4.57. The largest absolute Gasteiger partial charge is 0.468 e. The van der Waals surface area contributed by atoms with Gasteiger partial charge in [0, 0.05) is 67.5 Å². The van der Waals surface area contributed by atoms with Gasteiger partial charge >= 0.3 is 6.18 Å². The highest BCUT2D eigenvalue weighted by Gasteiger charge is 2.29. The first kappa shape index (κ1) is 19.3. The van der Waals surface area contributed by atoms with Crippen LogP contribution in [0.3, 0.4) is 0 Å². The van der Waals surface area contributed by atoms with Gasteiger partial charge in [0.1, 0.15) is 0 Å². The molecule has 0 bridgehead atoms. The van der Waals surface area contributed by atoms with Crippen molar-refractivity contribution in [2.24, 2.45) is 0 Å². The number of pyridine rings is 2. The lowest BCUT2D eigenvalue weighted by molar-refractivity contribution is -0.154. The number of fused-ring (bicyclic) bond motifs is 1. The Bertz CT molecular complexity index is 981. The van der Waals surface area contributed by atoms with Crippen molar-refractivity contribution < 1.29 is 17.9 Å². The molecule has 6 nitrogen and oxygen atoms in total. The lowest BCUT2D eigenvalue weighted by atomic mass is 10.1. The second-order valence-electron chi connectivity index (χ2n) is 6.73. The molecule has 0 radical (unpaired) electrons. The normalized spacial score (nSPS) is 14.4. The summed E-state index contributed by atoms with van der Waals surface area (Å²) in [7, 11) is 0. The summed E-state index contributed by atoms with van der Waals surface area (Å²) in [6, 6.07) is 7.15. The third-order valence-corrected chi connectivity index (χ3v) is 4.57. The van der Waals surface area contributed by atoms with E-state index in [4.69, 9.17) is 4.74 Å². The van der Waals surface area contributed by atoms with E-state index in [9.17, 15) is 13.2 Å². The van der Waals surface area contributed by atoms with Crippen molar-refractivity contribution in [3.63, 3.8) is 0 Å². The first-order valence-corrected chi connectivity index (χ1v) is 9.09. The van der Waals surface area contributed by atoms with Crippen molar-refractivity contribution in [3.05, 3.63) is 65.9 Å². The Kier molecular flexibility index (Phi) is 5.39. The molecule has 0 saturated heterocycles. The van der Waals surface area contributed by atoms with Crippen molar-refractivity contribution in [1.82, 2.24) is 24.8 Å². The van der Waals surface area contributed by atoms with Crippen LogP contribution in [0.2, 0.25) is 0 Å². The molecule has 0 N–H and O–H groups in total. The first-order chi connectivity index (χ1) is 14.0. The van der Waals surface area contributed by atoms with Crippen LogP contribution in [0.1, 0.15) is 16.8 Å². The van der Waals surface area contributed by atoms with Gasteiger partial charge in [0.05, 0.1) is 5.69 Å². The van der Waals surface area contributed by atoms with Gasteiger partial charge in [0.25, 0.3) is 0 Å². The van der Waals surface area contributed by atoms with Gasteiger partial charge in [-0.2, -0.15) is 13.2 Å². The Hall–Kier alpha value is -3.07. The number of alkyl halides is 3. The fourth-order valence-corrected chi connectivity index (χ4v) is 3.22. The van der Waals surface area contributed by atoms with Gasteiger partial charge in [-0.05, 0) is 18.2 Å². The molecule has 4 rings (SSSR count). The van der Waals surface area contributed by atoms with Crippen LogP contribution in [0, 0.1) is 0 Å². The van der Waals surface area contributed by atoms with Gasteiger partial charge < -0.3 is 4.74 Å². The molecule has 0 atom stereocenters. The fourth-order valence-electron chi connectivity index (χ4n) is 3.22. The van der Waals surface area contributed by atoms with Gasteiger partial charge in [-0.15, -0.1) is 0 Å². The van der Waals surface area contributed by atoms with Crippen molar-refractivity contribution in [3.8, 4) is 17.3 Å². The highest BCUT2D eigenvalue weighted by molar-refractivity contribution is 5.54. The summed E-state index contributed by atoms with van der Waals surface area (Å²) < 4.78 is 42.3. The van der Waals surface area contributed by atoms with E-state index < -0.39 is 12.8 Å². The summed E-state index contributed by atoms with van der Waals surface area (Å²) in [5.41, 5.74) is 3.53. The van der Waals surface area contributed by atoms with E-state index in [1.54, 1.807) is 24.5 Å². The minimum atomic E-state index is -4.40. The average molecular weight is 401 g/mol. The highest BCUT2D eigenvalue weighted by Crippen LogP contribution is 2.25. The lowest BCUT2D eigenvalue weighted by Gasteiger charge is -2.28. The number of rotatable bonds is 5. The molecular weight excluding hydrogens is 383 g/mol. The highest BCUT2D eigenvalue weighted by atomic mass is 19.4. The fraction of sp³-hybridized carbons (Fsp3) is 0.300. The maximum absolute atomic E-state index is 12.5. The summed E-state index contributed by atoms with van der Waals surface area (Å²) in [4.78, 5) is 19.2. The van der Waals surface area contributed by atoms with E-state index >= 15 is 0 Å². The molecule has 0 aromatic carbocycles. The molecule has 0 fully saturated rings. The smallest absolute Gasteiger partial charge is 0.422 e. The number of nitrogens with zero attached hydrogens (tertiary/aromatic N) is 5. The number of halogens is 3. The Morgan fingerprint density at radius 2 is 1.90 bits per heavy atom. The predicted octanol–water partition coefficient (Wildman–Crippen LogP) is 3.43. The van der Waals surface area contributed by atoms with Crippen LogP contribution in [0.15, 0.2) is 49.1 Å². The maximum atomic E-state index is 12.5. The SMILES string of the molecule is FC(F)(F)COc1ncccc1CN1CCc2nc(-c3ccncc3)ncc2C1. The minimum absolute atomic E-state index is 0.0138. The Balaban J connectivity index is 1.46. The van der Waals surface area contributed by atoms with Crippen molar-refractivity contribution in [2.75, 3.05) is 13.2 Å². The van der Waals surface area contributed by atoms with Crippen molar-refractivity contribution in [2.45, 2.75) is 25.7 Å². The van der Waals surface area contributed by atoms with E-state index in [1.807, 2.05) is 18.3 Å². The van der Waals surface area contributed by atoms with Crippen LogP contribution in [0.4, 0.5) is 13.2 Å². The second kappa shape index (κ2) is 8.12. The molecule has 3 aromatic rings. The molecular formula is C20H18F3N5O. The standard InChI is InChI=1S/C20H18F3N5O/c21-20(22,23)13-29-19-15(2-1-6-25-19)11-28-9-5-17-16(12-28)10-26-18(27-17)14-3-7-24-8-4-14/h1-4,6-8,10H,5,9,11-13H2. The quantitative estimate of drug-likeness (QED) is 0.653. The van der Waals surface area contributed by atoms with Crippen LogP contribution in [0.25, 0.3) is 11.4 Å². The van der Waals surface area contributed by atoms with Gasteiger partial charge in [0.15, 0.2) is 12.4 Å². The van der Waals surface area contributed by atoms with Gasteiger partial charge in [-0.1, -0.05) is 6.07 Å². The molecule has 1 aliphatic rings. The molecule has 0 amide bonds. The summed E-state index contributed by atoms with van der Waals surface area (Å²) >= 11 is 0. The van der Waals surface area contributed by atoms with Crippen LogP contribution in [0.5, 0.6) is 5.88 Å². The predicted molar refractivity (Wildman–Crippen MR) is 98.9 cm³/mol. The Morgan fingerprint density at radius 3 is 2.69 bits per heavy atom. The molecule has 0 aliphatic carbocycles. The Morgan fingerprint density at radius 1 is 1.07 bits per heavy atom. The van der Waals surface area contributed by atoms with Crippen LogP contribution in [-0.4, -0.2) is 44.2 Å². The summed E-state index contributed by atoms with van der Waals surface area (Å²) in [6.07, 6.45) is 2.97. The second-order valence-corrected chi connectivity index (χ2v) is 6.73. The topological polar surface area (TPSA) is 64.0 Å². The monoisotopic (exact) mass is 401 g/mol. The molecule has 0 spiro atoms. The maximum Gasteiger partial charge on any atom is 0.422 e. The van der Waals surface area contributed by atoms with Crippen molar-refractivity contribution >= 4 is 0 Å². The van der Waals surface area contributed by atoms with Crippen LogP contribution < -0.4 is 4.74 Å². The Labute approximate surface area is 165 Å². The zero-order valence-electron chi connectivity index (χ0n) is 15.4. The third kappa shape index (κ3) is 4.86. The summed E-state index contributed by atoms with van der Waals surface area (Å²) in [5, 5.41) is 0. The molecule has 150 valence electrons. The number of aromatic nitrogens is 4. The molecule has 0 saturated carbocycles. The zero-order valence-corrected chi connectivity index (χ0v) is 15.4. The van der Waals surface area contributed by atoms with Crippen molar-refractivity contribution in [1.29, 1.82) is 0 Å². The van der Waals surface area contributed by atoms with E-state index in [0.717, 1.165) is 29.8 Å². The molecule has 9 heteroatoms. The molecule has 4 heterocycles. The van der Waals surface area contributed by atoms with E-state index in [-0.39, 0.29) is 5.88 Å². The van der Waals surface area contributed by atoms with E-state index in [0.29, 0.717) is 24.5 Å². The number of hydrogen-bond acceptors (Lipinski definition) is 6. The molecule has 29 heavy (non-hydrogen) atoms. The van der Waals surface area contributed by atoms with Gasteiger partial charge in [0.2, 0.25) is 5.88 Å². The minimum Gasteiger partial charge on any atom is -0.468 e. The number of hydrogen-bond donors (Lipinski definition) is 0. The van der Waals surface area contributed by atoms with E-state index in [2.05, 4.69) is 24.8 Å². The molecule has 0 unspecified atom stereocenters. The summed E-state index contributed by atoms with van der Waals surface area (Å²) in [6.45, 7) is 0.422. The first-order valence-electron chi connectivity index (χ1n) is 9.09. The van der Waals surface area contributed by atoms with Gasteiger partial charge in [-0.25, -0.2) is 15.0 Å². The molecule has 3 aromatic heterocycles. The lowest BCUT2D eigenvalue weighted by Crippen LogP contribution is -2.31. The van der Waals surface area contributed by atoms with E-state index in [1.165, 1.54) is 6.20 Å². The average Bonchev–Trinajstić information content (AvgIpc) is 2.73. The molecule has 1 aliphatic heterocycles. The van der Waals surface area contributed by atoms with Crippen LogP contribution in [-0.2, 0) is 19.5 Å². The zero-order chi connectivity index (χ0) is 20.3. The number of ether oxygens (including phenoxy) is 1. The van der Waals surface area contributed by atoms with Crippen LogP contribution >= 0.6 is 0 Å². The summed E-state index contributed by atoms with van der Waals surface area (Å²) in [5.74, 6) is 0.676. The van der Waals surface area contributed by atoms with Gasteiger partial charge in [-0.3, -0.25) is 9.88 Å².